The molecular formula is C7H17NO. The van der Waals surface area contributed by atoms with Crippen LogP contribution < -0.4 is 5.32 Å². The average Bonchev–Trinajstić information content (AvgIpc) is 1.82. The number of aliphatic hydroxyl groups is 1. The fourth-order valence-electron chi connectivity index (χ4n) is 0.865. The number of rotatable bonds is 4. The highest BCUT2D eigenvalue weighted by molar-refractivity contribution is 4.61. The smallest absolute Gasteiger partial charge is 0.102 e. The van der Waals surface area contributed by atoms with Crippen molar-refractivity contribution in [2.75, 3.05) is 0 Å². The minimum absolute atomic E-state index is 0.366. The molecule has 0 fully saturated rings. The Kier molecular flexibility index (Phi) is 4.72. The van der Waals surface area contributed by atoms with Crippen LogP contribution in [0.2, 0.25) is 0 Å². The SMILES string of the molecule is CCC(CC)NC(C)O. The lowest BCUT2D eigenvalue weighted by Crippen LogP contribution is -2.35. The molecule has 2 nitrogen and oxygen atoms in total. The molecule has 2 N–H and O–H groups in total. The molecule has 2 heteroatoms. The monoisotopic (exact) mass is 131 g/mol. The highest BCUT2D eigenvalue weighted by Crippen LogP contribution is 1.95. The molecule has 0 aliphatic rings. The summed E-state index contributed by atoms with van der Waals surface area (Å²) in [6, 6.07) is 0.477. The molecule has 0 saturated carbocycles. The molecule has 0 aliphatic carbocycles. The molecular weight excluding hydrogens is 114 g/mol. The second-order valence-corrected chi connectivity index (χ2v) is 2.36. The van der Waals surface area contributed by atoms with Crippen molar-refractivity contribution < 1.29 is 5.11 Å². The van der Waals surface area contributed by atoms with Crippen LogP contribution >= 0.6 is 0 Å². The number of hydrogen-bond acceptors (Lipinski definition) is 2. The van der Waals surface area contributed by atoms with Gasteiger partial charge in [-0.15, -0.1) is 0 Å². The van der Waals surface area contributed by atoms with Gasteiger partial charge in [0.05, 0.1) is 0 Å². The Morgan fingerprint density at radius 2 is 1.78 bits per heavy atom. The summed E-state index contributed by atoms with van der Waals surface area (Å²) in [5.74, 6) is 0. The Bertz CT molecular complexity index is 59.9. The average molecular weight is 131 g/mol. The van der Waals surface area contributed by atoms with Crippen molar-refractivity contribution >= 4 is 0 Å². The highest BCUT2D eigenvalue weighted by Gasteiger charge is 2.03. The van der Waals surface area contributed by atoms with Crippen molar-refractivity contribution in [3.05, 3.63) is 0 Å². The molecule has 0 aromatic carbocycles. The van der Waals surface area contributed by atoms with Crippen LogP contribution in [0.5, 0.6) is 0 Å². The summed E-state index contributed by atoms with van der Waals surface area (Å²) in [6.07, 6.45) is 1.80. The molecule has 0 amide bonds. The van der Waals surface area contributed by atoms with E-state index in [0.29, 0.717) is 6.04 Å². The molecule has 0 aliphatic heterocycles. The molecule has 0 radical (unpaired) electrons. The van der Waals surface area contributed by atoms with Crippen LogP contribution in [0, 0.1) is 0 Å². The van der Waals surface area contributed by atoms with Gasteiger partial charge in [-0.05, 0) is 19.8 Å². The highest BCUT2D eigenvalue weighted by atomic mass is 16.3. The lowest BCUT2D eigenvalue weighted by atomic mass is 10.2. The Hall–Kier alpha value is -0.0800. The third kappa shape index (κ3) is 4.43. The predicted molar refractivity (Wildman–Crippen MR) is 39.2 cm³/mol. The van der Waals surface area contributed by atoms with E-state index in [9.17, 15) is 0 Å². The van der Waals surface area contributed by atoms with Crippen LogP contribution in [0.15, 0.2) is 0 Å². The Morgan fingerprint density at radius 3 is 1.89 bits per heavy atom. The van der Waals surface area contributed by atoms with Crippen molar-refractivity contribution in [1.82, 2.24) is 5.32 Å². The van der Waals surface area contributed by atoms with Crippen LogP contribution in [0.4, 0.5) is 0 Å². The maximum absolute atomic E-state index is 8.87. The van der Waals surface area contributed by atoms with E-state index in [-0.39, 0.29) is 6.23 Å². The van der Waals surface area contributed by atoms with Crippen molar-refractivity contribution in [3.8, 4) is 0 Å². The van der Waals surface area contributed by atoms with Crippen LogP contribution in [-0.4, -0.2) is 17.4 Å². The fraction of sp³-hybridized carbons (Fsp3) is 1.00. The van der Waals surface area contributed by atoms with E-state index in [4.69, 9.17) is 5.11 Å². The summed E-state index contributed by atoms with van der Waals surface area (Å²) < 4.78 is 0. The zero-order chi connectivity index (χ0) is 7.28. The van der Waals surface area contributed by atoms with Gasteiger partial charge in [0.1, 0.15) is 6.23 Å². The molecule has 0 bridgehead atoms. The van der Waals surface area contributed by atoms with Crippen molar-refractivity contribution in [2.24, 2.45) is 0 Å². The van der Waals surface area contributed by atoms with Crippen molar-refractivity contribution in [3.63, 3.8) is 0 Å². The van der Waals surface area contributed by atoms with Crippen LogP contribution in [0.3, 0.4) is 0 Å². The van der Waals surface area contributed by atoms with Gasteiger partial charge in [-0.3, -0.25) is 5.32 Å². The zero-order valence-electron chi connectivity index (χ0n) is 6.52. The van der Waals surface area contributed by atoms with Gasteiger partial charge in [-0.25, -0.2) is 0 Å². The first-order chi connectivity index (χ1) is 4.20. The third-order valence-electron chi connectivity index (χ3n) is 1.46. The van der Waals surface area contributed by atoms with Crippen LogP contribution in [-0.2, 0) is 0 Å². The summed E-state index contributed by atoms with van der Waals surface area (Å²) in [7, 11) is 0. The van der Waals surface area contributed by atoms with E-state index in [1.807, 2.05) is 0 Å². The van der Waals surface area contributed by atoms with Gasteiger partial charge in [0.2, 0.25) is 0 Å². The summed E-state index contributed by atoms with van der Waals surface area (Å²) in [5, 5.41) is 11.9. The van der Waals surface area contributed by atoms with E-state index in [0.717, 1.165) is 12.8 Å². The third-order valence-corrected chi connectivity index (χ3v) is 1.46. The van der Waals surface area contributed by atoms with Gasteiger partial charge in [0.25, 0.3) is 0 Å². The lowest BCUT2D eigenvalue weighted by molar-refractivity contribution is 0.138. The molecule has 0 rings (SSSR count). The normalized spacial score (nSPS) is 14.3. The van der Waals surface area contributed by atoms with Gasteiger partial charge >= 0.3 is 0 Å². The summed E-state index contributed by atoms with van der Waals surface area (Å²) in [5.41, 5.74) is 0. The molecule has 1 atom stereocenters. The molecule has 0 aromatic heterocycles. The maximum Gasteiger partial charge on any atom is 0.102 e. The first kappa shape index (κ1) is 8.92. The van der Waals surface area contributed by atoms with E-state index < -0.39 is 0 Å². The first-order valence-corrected chi connectivity index (χ1v) is 3.64. The van der Waals surface area contributed by atoms with E-state index in [1.165, 1.54) is 0 Å². The maximum atomic E-state index is 8.87. The molecule has 56 valence electrons. The fourth-order valence-corrected chi connectivity index (χ4v) is 0.865. The lowest BCUT2D eigenvalue weighted by Gasteiger charge is -2.16. The number of hydrogen-bond donors (Lipinski definition) is 2. The number of nitrogens with one attached hydrogen (secondary N) is 1. The quantitative estimate of drug-likeness (QED) is 0.560. The Morgan fingerprint density at radius 1 is 1.33 bits per heavy atom. The first-order valence-electron chi connectivity index (χ1n) is 3.64. The van der Waals surface area contributed by atoms with Crippen LogP contribution in [0.25, 0.3) is 0 Å². The number of aliphatic hydroxyl groups excluding tert-OH is 1. The van der Waals surface area contributed by atoms with Gasteiger partial charge in [-0.2, -0.15) is 0 Å². The molecule has 0 heterocycles. The van der Waals surface area contributed by atoms with Gasteiger partial charge < -0.3 is 5.11 Å². The minimum atomic E-state index is -0.366. The molecule has 9 heavy (non-hydrogen) atoms. The second kappa shape index (κ2) is 4.77. The van der Waals surface area contributed by atoms with Gasteiger partial charge in [0.15, 0.2) is 0 Å². The topological polar surface area (TPSA) is 32.3 Å². The molecule has 1 unspecified atom stereocenters. The summed E-state index contributed by atoms with van der Waals surface area (Å²) in [4.78, 5) is 0. The van der Waals surface area contributed by atoms with Gasteiger partial charge in [0, 0.05) is 6.04 Å². The van der Waals surface area contributed by atoms with Crippen molar-refractivity contribution in [1.29, 1.82) is 0 Å². The second-order valence-electron chi connectivity index (χ2n) is 2.36. The Labute approximate surface area is 57.3 Å². The molecule has 0 saturated heterocycles. The van der Waals surface area contributed by atoms with E-state index >= 15 is 0 Å². The molecule has 0 spiro atoms. The van der Waals surface area contributed by atoms with E-state index in [2.05, 4.69) is 19.2 Å². The molecule has 0 aromatic rings. The predicted octanol–water partition coefficient (Wildman–Crippen LogP) is 1.10. The minimum Gasteiger partial charge on any atom is -0.379 e. The standard InChI is InChI=1S/C7H17NO/c1-4-7(5-2)8-6(3)9/h6-9H,4-5H2,1-3H3. The van der Waals surface area contributed by atoms with E-state index in [1.54, 1.807) is 6.92 Å². The summed E-state index contributed by atoms with van der Waals surface area (Å²) >= 11 is 0. The Balaban J connectivity index is 3.31. The van der Waals surface area contributed by atoms with Crippen molar-refractivity contribution in [2.45, 2.75) is 45.9 Å². The largest absolute Gasteiger partial charge is 0.379 e. The van der Waals surface area contributed by atoms with Crippen LogP contribution in [0.1, 0.15) is 33.6 Å². The van der Waals surface area contributed by atoms with Gasteiger partial charge in [-0.1, -0.05) is 13.8 Å². The zero-order valence-corrected chi connectivity index (χ0v) is 6.52. The summed E-state index contributed by atoms with van der Waals surface area (Å²) in [6.45, 7) is 5.98.